The van der Waals surface area contributed by atoms with Gasteiger partial charge in [0.2, 0.25) is 15.9 Å². The van der Waals surface area contributed by atoms with E-state index in [9.17, 15) is 13.2 Å². The number of carbonyl (C=O) groups is 1. The molecule has 3 rings (SSSR count). The van der Waals surface area contributed by atoms with Gasteiger partial charge in [0.1, 0.15) is 16.2 Å². The fourth-order valence-corrected chi connectivity index (χ4v) is 4.52. The van der Waals surface area contributed by atoms with E-state index in [2.05, 4.69) is 28.3 Å². The first-order chi connectivity index (χ1) is 12.4. The highest BCUT2D eigenvalue weighted by Gasteiger charge is 2.12. The number of anilines is 1. The summed E-state index contributed by atoms with van der Waals surface area (Å²) in [6, 6.07) is 7.76. The topological polar surface area (TPSA) is 115 Å². The normalized spacial score (nSPS) is 11.6. The van der Waals surface area contributed by atoms with Crippen LogP contribution < -0.4 is 10.5 Å². The average molecular weight is 409 g/mol. The number of primary sulfonamides is 1. The lowest BCUT2D eigenvalue weighted by Crippen LogP contribution is -2.15. The summed E-state index contributed by atoms with van der Waals surface area (Å²) in [5, 5.41) is 9.50. The summed E-state index contributed by atoms with van der Waals surface area (Å²) < 4.78 is 22.5. The van der Waals surface area contributed by atoms with Gasteiger partial charge in [-0.05, 0) is 36.8 Å². The van der Waals surface area contributed by atoms with Crippen LogP contribution in [0.3, 0.4) is 0 Å². The van der Waals surface area contributed by atoms with Gasteiger partial charge < -0.3 is 5.32 Å². The molecule has 7 nitrogen and oxygen atoms in total. The van der Waals surface area contributed by atoms with Gasteiger partial charge >= 0.3 is 0 Å². The Morgan fingerprint density at radius 3 is 2.65 bits per heavy atom. The molecule has 0 bridgehead atoms. The van der Waals surface area contributed by atoms with Crippen LogP contribution >= 0.6 is 23.1 Å². The molecule has 2 heterocycles. The van der Waals surface area contributed by atoms with E-state index in [1.165, 1.54) is 47.2 Å². The predicted octanol–water partition coefficient (Wildman–Crippen LogP) is 2.63. The number of sulfonamides is 1. The zero-order valence-electron chi connectivity index (χ0n) is 13.8. The number of hydrogen-bond donors (Lipinski definition) is 2. The van der Waals surface area contributed by atoms with Crippen LogP contribution in [0.5, 0.6) is 0 Å². The molecule has 0 aliphatic heterocycles. The molecule has 3 N–H and O–H groups in total. The fraction of sp³-hybridized carbons (Fsp3) is 0.188. The van der Waals surface area contributed by atoms with Gasteiger partial charge in [-0.25, -0.2) is 23.5 Å². The van der Waals surface area contributed by atoms with Crippen LogP contribution in [0.1, 0.15) is 11.8 Å². The lowest BCUT2D eigenvalue weighted by Gasteiger charge is -2.06. The molecule has 0 saturated heterocycles. The predicted molar refractivity (Wildman–Crippen MR) is 104 cm³/mol. The van der Waals surface area contributed by atoms with E-state index in [1.807, 2.05) is 0 Å². The van der Waals surface area contributed by atoms with Gasteiger partial charge in [0.25, 0.3) is 0 Å². The molecule has 136 valence electrons. The van der Waals surface area contributed by atoms with Crippen molar-refractivity contribution < 1.29 is 13.2 Å². The zero-order valence-corrected chi connectivity index (χ0v) is 16.2. The van der Waals surface area contributed by atoms with Crippen molar-refractivity contribution in [1.29, 1.82) is 0 Å². The van der Waals surface area contributed by atoms with Gasteiger partial charge in [-0.3, -0.25) is 4.79 Å². The minimum absolute atomic E-state index is 0.00237. The number of nitrogens with zero attached hydrogens (tertiary/aromatic N) is 2. The van der Waals surface area contributed by atoms with Crippen molar-refractivity contribution in [2.24, 2.45) is 5.14 Å². The number of hydrogen-bond acceptors (Lipinski definition) is 7. The lowest BCUT2D eigenvalue weighted by molar-refractivity contribution is -0.113. The minimum atomic E-state index is -3.75. The number of fused-ring (bicyclic) bond motifs is 1. The summed E-state index contributed by atoms with van der Waals surface area (Å²) in [5.41, 5.74) is 0.500. The Morgan fingerprint density at radius 2 is 2.00 bits per heavy atom. The Balaban J connectivity index is 1.65. The molecule has 0 radical (unpaired) electrons. The molecule has 2 aromatic heterocycles. The third-order valence-electron chi connectivity index (χ3n) is 3.50. The van der Waals surface area contributed by atoms with Crippen LogP contribution in [0.4, 0.5) is 5.69 Å². The molecule has 0 aliphatic rings. The van der Waals surface area contributed by atoms with Gasteiger partial charge in [0.05, 0.1) is 10.6 Å². The maximum atomic E-state index is 12.1. The van der Waals surface area contributed by atoms with Crippen LogP contribution in [0, 0.1) is 0 Å². The SMILES string of the molecule is CCc1cc2c(SCC(=O)Nc3ccc(S(N)(=O)=O)cc3)ncnc2s1. The van der Waals surface area contributed by atoms with Crippen molar-refractivity contribution in [1.82, 2.24) is 9.97 Å². The molecule has 0 atom stereocenters. The largest absolute Gasteiger partial charge is 0.325 e. The van der Waals surface area contributed by atoms with E-state index in [0.717, 1.165) is 21.7 Å². The summed E-state index contributed by atoms with van der Waals surface area (Å²) in [6.07, 6.45) is 2.44. The van der Waals surface area contributed by atoms with Crippen molar-refractivity contribution in [3.63, 3.8) is 0 Å². The molecular formula is C16H16N4O3S3. The van der Waals surface area contributed by atoms with Gasteiger partial charge in [-0.15, -0.1) is 11.3 Å². The minimum Gasteiger partial charge on any atom is -0.325 e. The third kappa shape index (κ3) is 4.39. The van der Waals surface area contributed by atoms with Crippen LogP contribution in [-0.4, -0.2) is 30.0 Å². The second-order valence-electron chi connectivity index (χ2n) is 5.37. The summed E-state index contributed by atoms with van der Waals surface area (Å²) in [6.45, 7) is 2.08. The van der Waals surface area contributed by atoms with E-state index in [1.54, 1.807) is 11.3 Å². The number of amides is 1. The molecule has 3 aromatic rings. The van der Waals surface area contributed by atoms with Crippen LogP contribution in [-0.2, 0) is 21.2 Å². The summed E-state index contributed by atoms with van der Waals surface area (Å²) in [4.78, 5) is 22.8. The van der Waals surface area contributed by atoms with Crippen molar-refractivity contribution in [3.8, 4) is 0 Å². The average Bonchev–Trinajstić information content (AvgIpc) is 3.03. The first-order valence-electron chi connectivity index (χ1n) is 7.65. The first kappa shape index (κ1) is 18.8. The van der Waals surface area contributed by atoms with Gasteiger partial charge in [-0.1, -0.05) is 18.7 Å². The highest BCUT2D eigenvalue weighted by molar-refractivity contribution is 8.00. The number of aryl methyl sites for hydroxylation is 1. The van der Waals surface area contributed by atoms with Gasteiger partial charge in [0.15, 0.2) is 0 Å². The second kappa shape index (κ2) is 7.70. The summed E-state index contributed by atoms with van der Waals surface area (Å²) >= 11 is 2.96. The maximum absolute atomic E-state index is 12.1. The Bertz CT molecular complexity index is 1050. The molecular weight excluding hydrogens is 392 g/mol. The molecule has 10 heteroatoms. The number of thioether (sulfide) groups is 1. The Hall–Kier alpha value is -2.01. The number of nitrogens with one attached hydrogen (secondary N) is 1. The monoisotopic (exact) mass is 408 g/mol. The number of thiophene rings is 1. The van der Waals surface area contributed by atoms with Crippen LogP contribution in [0.2, 0.25) is 0 Å². The van der Waals surface area contributed by atoms with Gasteiger partial charge in [-0.2, -0.15) is 0 Å². The van der Waals surface area contributed by atoms with E-state index < -0.39 is 10.0 Å². The van der Waals surface area contributed by atoms with E-state index in [4.69, 9.17) is 5.14 Å². The molecule has 0 saturated carbocycles. The van der Waals surface area contributed by atoms with Crippen molar-refractivity contribution >= 4 is 54.9 Å². The van der Waals surface area contributed by atoms with E-state index >= 15 is 0 Å². The molecule has 0 spiro atoms. The molecule has 0 unspecified atom stereocenters. The van der Waals surface area contributed by atoms with Crippen molar-refractivity contribution in [2.45, 2.75) is 23.3 Å². The zero-order chi connectivity index (χ0) is 18.7. The van der Waals surface area contributed by atoms with E-state index in [-0.39, 0.29) is 16.6 Å². The second-order valence-corrected chi connectivity index (χ2v) is 9.01. The fourth-order valence-electron chi connectivity index (χ4n) is 2.23. The number of aromatic nitrogens is 2. The Labute approximate surface area is 159 Å². The van der Waals surface area contributed by atoms with E-state index in [0.29, 0.717) is 5.69 Å². The van der Waals surface area contributed by atoms with Gasteiger partial charge in [0, 0.05) is 16.0 Å². The summed E-state index contributed by atoms with van der Waals surface area (Å²) in [7, 11) is -3.75. The number of benzene rings is 1. The molecule has 26 heavy (non-hydrogen) atoms. The third-order valence-corrected chi connectivity index (χ3v) is 6.62. The Kier molecular flexibility index (Phi) is 5.56. The summed E-state index contributed by atoms with van der Waals surface area (Å²) in [5.74, 6) is -0.0311. The van der Waals surface area contributed by atoms with Crippen LogP contribution in [0.25, 0.3) is 10.2 Å². The highest BCUT2D eigenvalue weighted by Crippen LogP contribution is 2.31. The first-order valence-corrected chi connectivity index (χ1v) is 11.0. The van der Waals surface area contributed by atoms with Crippen molar-refractivity contribution in [3.05, 3.63) is 41.5 Å². The highest BCUT2D eigenvalue weighted by atomic mass is 32.2. The molecule has 1 amide bonds. The number of nitrogens with two attached hydrogens (primary N) is 1. The molecule has 0 aliphatic carbocycles. The van der Waals surface area contributed by atoms with Crippen LogP contribution in [0.15, 0.2) is 46.6 Å². The number of carbonyl (C=O) groups excluding carboxylic acids is 1. The molecule has 1 aromatic carbocycles. The van der Waals surface area contributed by atoms with Crippen molar-refractivity contribution in [2.75, 3.05) is 11.1 Å². The number of rotatable bonds is 6. The molecule has 0 fully saturated rings. The lowest BCUT2D eigenvalue weighted by atomic mass is 10.3. The standard InChI is InChI=1S/C16H16N4O3S3/c1-2-11-7-13-15(18-9-19-16(13)25-11)24-8-14(21)20-10-3-5-12(6-4-10)26(17,22)23/h3-7,9H,2,8H2,1H3,(H,20,21)(H2,17,22,23). The Morgan fingerprint density at radius 1 is 1.27 bits per heavy atom. The maximum Gasteiger partial charge on any atom is 0.238 e. The quantitative estimate of drug-likeness (QED) is 0.479. The smallest absolute Gasteiger partial charge is 0.238 e.